The number of nitrogens with two attached hydrogens (primary N) is 1. The molecular weight excluding hydrogens is 312 g/mol. The molecule has 0 saturated heterocycles. The molecule has 3 N–H and O–H groups in total. The number of aromatic nitrogens is 1. The van der Waals surface area contributed by atoms with Crippen molar-refractivity contribution in [3.05, 3.63) is 11.1 Å². The number of hydrogen-bond donors (Lipinski definition) is 2. The van der Waals surface area contributed by atoms with Gasteiger partial charge in [-0.2, -0.15) is 0 Å². The van der Waals surface area contributed by atoms with Gasteiger partial charge in [0.25, 0.3) is 5.91 Å². The third-order valence-corrected chi connectivity index (χ3v) is 3.04. The lowest BCUT2D eigenvalue weighted by atomic mass is 10.3. The molecule has 0 spiro atoms. The second-order valence-corrected chi connectivity index (χ2v) is 4.81. The minimum atomic E-state index is -0.873. The first kappa shape index (κ1) is 17.6. The molecule has 0 aliphatic carbocycles. The van der Waals surface area contributed by atoms with Gasteiger partial charge in [0, 0.05) is 5.38 Å². The summed E-state index contributed by atoms with van der Waals surface area (Å²) in [6, 6.07) is 0. The smallest absolute Gasteiger partial charge is 0.347 e. The van der Waals surface area contributed by atoms with E-state index in [0.717, 1.165) is 24.2 Å². The van der Waals surface area contributed by atoms with Crippen molar-refractivity contribution in [2.45, 2.75) is 19.8 Å². The summed E-state index contributed by atoms with van der Waals surface area (Å²) in [6.07, 6.45) is 2.11. The fraction of sp³-hybridized carbons (Fsp3) is 0.417. The van der Waals surface area contributed by atoms with Crippen LogP contribution in [0.3, 0.4) is 0 Å². The van der Waals surface area contributed by atoms with Gasteiger partial charge < -0.3 is 20.6 Å². The summed E-state index contributed by atoms with van der Waals surface area (Å²) in [5, 5.41) is 7.58. The van der Waals surface area contributed by atoms with Crippen LogP contribution >= 0.6 is 11.3 Å². The van der Waals surface area contributed by atoms with Crippen LogP contribution in [-0.2, 0) is 24.0 Å². The molecule has 0 radical (unpaired) electrons. The van der Waals surface area contributed by atoms with Gasteiger partial charge in [0.2, 0.25) is 13.0 Å². The Morgan fingerprint density at radius 1 is 1.55 bits per heavy atom. The molecule has 120 valence electrons. The molecule has 0 unspecified atom stereocenters. The lowest BCUT2D eigenvalue weighted by Crippen LogP contribution is -2.25. The molecule has 0 fully saturated rings. The Hall–Kier alpha value is -2.49. The predicted octanol–water partition coefficient (Wildman–Crippen LogP) is 0.261. The van der Waals surface area contributed by atoms with Crippen molar-refractivity contribution in [2.24, 2.45) is 10.9 Å². The van der Waals surface area contributed by atoms with Crippen LogP contribution in [-0.4, -0.2) is 42.2 Å². The molecule has 1 heterocycles. The SMILES string of the molecule is CCCCOC(=O)CON=C(C(N)=O)c1csc(NC=O)n1. The number of ether oxygens (including phenoxy) is 1. The van der Waals surface area contributed by atoms with Crippen LogP contribution in [0.1, 0.15) is 25.5 Å². The molecule has 0 aliphatic rings. The van der Waals surface area contributed by atoms with Crippen LogP contribution in [0.4, 0.5) is 5.13 Å². The fourth-order valence-electron chi connectivity index (χ4n) is 1.24. The Labute approximate surface area is 130 Å². The number of hydrogen-bond acceptors (Lipinski definition) is 8. The zero-order valence-electron chi connectivity index (χ0n) is 11.9. The highest BCUT2D eigenvalue weighted by atomic mass is 32.1. The van der Waals surface area contributed by atoms with Gasteiger partial charge >= 0.3 is 5.97 Å². The Morgan fingerprint density at radius 3 is 2.95 bits per heavy atom. The molecule has 22 heavy (non-hydrogen) atoms. The molecule has 1 aromatic rings. The van der Waals surface area contributed by atoms with E-state index >= 15 is 0 Å². The van der Waals surface area contributed by atoms with Crippen LogP contribution in [0.5, 0.6) is 0 Å². The van der Waals surface area contributed by atoms with E-state index in [-0.39, 0.29) is 16.5 Å². The van der Waals surface area contributed by atoms with E-state index in [2.05, 4.69) is 15.5 Å². The van der Waals surface area contributed by atoms with Gasteiger partial charge in [-0.25, -0.2) is 9.78 Å². The molecule has 0 atom stereocenters. The maximum Gasteiger partial charge on any atom is 0.347 e. The second kappa shape index (κ2) is 9.45. The molecule has 2 amide bonds. The second-order valence-electron chi connectivity index (χ2n) is 3.95. The first-order valence-corrected chi connectivity index (χ1v) is 7.27. The van der Waals surface area contributed by atoms with E-state index in [9.17, 15) is 14.4 Å². The zero-order valence-corrected chi connectivity index (χ0v) is 12.7. The Kier molecular flexibility index (Phi) is 7.54. The maximum atomic E-state index is 11.3. The molecule has 0 aliphatic heterocycles. The zero-order chi connectivity index (χ0) is 16.4. The molecule has 10 heteroatoms. The maximum absolute atomic E-state index is 11.3. The van der Waals surface area contributed by atoms with E-state index < -0.39 is 18.5 Å². The fourth-order valence-corrected chi connectivity index (χ4v) is 1.89. The topological polar surface area (TPSA) is 133 Å². The van der Waals surface area contributed by atoms with E-state index in [4.69, 9.17) is 15.3 Å². The summed E-state index contributed by atoms with van der Waals surface area (Å²) < 4.78 is 4.85. The number of rotatable bonds is 10. The van der Waals surface area contributed by atoms with Crippen molar-refractivity contribution >= 4 is 40.5 Å². The number of amides is 2. The number of nitrogens with one attached hydrogen (secondary N) is 1. The summed E-state index contributed by atoms with van der Waals surface area (Å²) >= 11 is 1.08. The van der Waals surface area contributed by atoms with Crippen LogP contribution in [0.25, 0.3) is 0 Å². The molecule has 9 nitrogen and oxygen atoms in total. The van der Waals surface area contributed by atoms with Crippen LogP contribution in [0.2, 0.25) is 0 Å². The number of primary amides is 1. The van der Waals surface area contributed by atoms with Gasteiger partial charge in [0.1, 0.15) is 5.69 Å². The van der Waals surface area contributed by atoms with E-state index in [1.165, 1.54) is 5.38 Å². The van der Waals surface area contributed by atoms with Crippen LogP contribution < -0.4 is 11.1 Å². The molecule has 1 rings (SSSR count). The summed E-state index contributed by atoms with van der Waals surface area (Å²) in [5.74, 6) is -1.47. The van der Waals surface area contributed by atoms with Gasteiger partial charge in [0.15, 0.2) is 10.8 Å². The minimum absolute atomic E-state index is 0.140. The third-order valence-electron chi connectivity index (χ3n) is 2.26. The van der Waals surface area contributed by atoms with Gasteiger partial charge in [0.05, 0.1) is 6.61 Å². The first-order valence-electron chi connectivity index (χ1n) is 6.40. The largest absolute Gasteiger partial charge is 0.463 e. The average Bonchev–Trinajstić information content (AvgIpc) is 2.92. The molecular formula is C12H16N4O5S. The van der Waals surface area contributed by atoms with E-state index in [0.29, 0.717) is 13.0 Å². The molecule has 0 bridgehead atoms. The number of esters is 1. The highest BCUT2D eigenvalue weighted by molar-refractivity contribution is 7.14. The number of carbonyl (C=O) groups is 3. The number of thiazole rings is 1. The molecule has 0 aromatic carbocycles. The monoisotopic (exact) mass is 328 g/mol. The number of carbonyl (C=O) groups excluding carboxylic acids is 3. The van der Waals surface area contributed by atoms with Crippen molar-refractivity contribution in [1.29, 1.82) is 0 Å². The van der Waals surface area contributed by atoms with Gasteiger partial charge in [-0.3, -0.25) is 9.59 Å². The van der Waals surface area contributed by atoms with Gasteiger partial charge in [-0.05, 0) is 6.42 Å². The van der Waals surface area contributed by atoms with Crippen molar-refractivity contribution < 1.29 is 24.0 Å². The molecule has 0 saturated carbocycles. The highest BCUT2D eigenvalue weighted by Gasteiger charge is 2.16. The van der Waals surface area contributed by atoms with Crippen molar-refractivity contribution in [1.82, 2.24) is 4.98 Å². The van der Waals surface area contributed by atoms with Crippen LogP contribution in [0, 0.1) is 0 Å². The highest BCUT2D eigenvalue weighted by Crippen LogP contribution is 2.15. The Morgan fingerprint density at radius 2 is 2.32 bits per heavy atom. The average molecular weight is 328 g/mol. The van der Waals surface area contributed by atoms with Crippen molar-refractivity contribution in [3.8, 4) is 0 Å². The number of unbranched alkanes of at least 4 members (excludes halogenated alkanes) is 1. The number of nitrogens with zero attached hydrogens (tertiary/aromatic N) is 2. The van der Waals surface area contributed by atoms with Gasteiger partial charge in [-0.15, -0.1) is 11.3 Å². The summed E-state index contributed by atoms with van der Waals surface area (Å²) in [6.45, 7) is 1.83. The standard InChI is InChI=1S/C12H16N4O5S/c1-2-3-4-20-9(18)5-21-16-10(11(13)19)8-6-22-12(15-8)14-7-17/h6-7H,2-5H2,1H3,(H2,13,19)(H,14,15,17). The summed E-state index contributed by atoms with van der Waals surface area (Å²) in [5.41, 5.74) is 5.06. The predicted molar refractivity (Wildman–Crippen MR) is 79.4 cm³/mol. The normalized spacial score (nSPS) is 10.9. The molecule has 1 aromatic heterocycles. The lowest BCUT2D eigenvalue weighted by molar-refractivity contribution is -0.149. The third kappa shape index (κ3) is 5.87. The van der Waals surface area contributed by atoms with E-state index in [1.807, 2.05) is 6.92 Å². The summed E-state index contributed by atoms with van der Waals surface area (Å²) in [7, 11) is 0. The minimum Gasteiger partial charge on any atom is -0.463 e. The van der Waals surface area contributed by atoms with Crippen LogP contribution in [0.15, 0.2) is 10.5 Å². The van der Waals surface area contributed by atoms with Crippen molar-refractivity contribution in [2.75, 3.05) is 18.5 Å². The quantitative estimate of drug-likeness (QED) is 0.208. The number of anilines is 1. The number of oxime groups is 1. The van der Waals surface area contributed by atoms with E-state index in [1.54, 1.807) is 0 Å². The Bertz CT molecular complexity index is 557. The summed E-state index contributed by atoms with van der Waals surface area (Å²) in [4.78, 5) is 41.6. The van der Waals surface area contributed by atoms with Crippen molar-refractivity contribution in [3.63, 3.8) is 0 Å². The lowest BCUT2D eigenvalue weighted by Gasteiger charge is -2.03. The Balaban J connectivity index is 2.60. The first-order chi connectivity index (χ1) is 10.6. The van der Waals surface area contributed by atoms with Gasteiger partial charge in [-0.1, -0.05) is 18.5 Å².